The lowest BCUT2D eigenvalue weighted by molar-refractivity contribution is -0.132. The fourth-order valence-corrected chi connectivity index (χ4v) is 4.20. The fraction of sp³-hybridized carbons (Fsp3) is 0.600. The number of nitrogens with zero attached hydrogens (tertiary/aromatic N) is 1. The van der Waals surface area contributed by atoms with Gasteiger partial charge in [-0.05, 0) is 30.9 Å². The van der Waals surface area contributed by atoms with Crippen LogP contribution in [0.2, 0.25) is 0 Å². The molecule has 25 heavy (non-hydrogen) atoms. The standard InChI is InChI=1S/C20H26N2O3/c1-14(23)22-10-8-20(9-11-22)13-15(12-19(24)21-16-6-7-16)17-4-2-3-5-18(17)25-20/h2-5,15-16H,6-13H2,1H3,(H,21,24). The summed E-state index contributed by atoms with van der Waals surface area (Å²) in [5, 5.41) is 3.11. The van der Waals surface area contributed by atoms with Crippen LogP contribution in [-0.4, -0.2) is 41.4 Å². The van der Waals surface area contributed by atoms with Crippen molar-refractivity contribution < 1.29 is 14.3 Å². The van der Waals surface area contributed by atoms with Crippen LogP contribution in [0.15, 0.2) is 24.3 Å². The van der Waals surface area contributed by atoms with Crippen LogP contribution in [0, 0.1) is 0 Å². The Kier molecular flexibility index (Phi) is 4.18. The lowest BCUT2D eigenvalue weighted by atomic mass is 9.76. The van der Waals surface area contributed by atoms with Crippen LogP contribution in [0.4, 0.5) is 0 Å². The van der Waals surface area contributed by atoms with Gasteiger partial charge in [-0.25, -0.2) is 0 Å². The molecule has 4 rings (SSSR count). The molecule has 0 radical (unpaired) electrons. The van der Waals surface area contributed by atoms with Gasteiger partial charge in [0.05, 0.1) is 0 Å². The smallest absolute Gasteiger partial charge is 0.220 e. The predicted molar refractivity (Wildman–Crippen MR) is 94.4 cm³/mol. The number of likely N-dealkylation sites (tertiary alicyclic amines) is 1. The van der Waals surface area contributed by atoms with E-state index in [1.807, 2.05) is 23.1 Å². The maximum Gasteiger partial charge on any atom is 0.220 e. The van der Waals surface area contributed by atoms with Crippen molar-refractivity contribution >= 4 is 11.8 Å². The van der Waals surface area contributed by atoms with Gasteiger partial charge < -0.3 is 15.0 Å². The van der Waals surface area contributed by atoms with Crippen LogP contribution in [-0.2, 0) is 9.59 Å². The molecule has 0 aromatic heterocycles. The van der Waals surface area contributed by atoms with Crippen molar-refractivity contribution in [2.75, 3.05) is 13.1 Å². The van der Waals surface area contributed by atoms with E-state index in [1.165, 1.54) is 0 Å². The summed E-state index contributed by atoms with van der Waals surface area (Å²) in [5.41, 5.74) is 0.901. The molecular weight excluding hydrogens is 316 g/mol. The third-order valence-electron chi connectivity index (χ3n) is 5.80. The number of ether oxygens (including phenoxy) is 1. The van der Waals surface area contributed by atoms with Crippen LogP contribution in [0.5, 0.6) is 5.75 Å². The minimum Gasteiger partial charge on any atom is -0.487 e. The number of hydrogen-bond acceptors (Lipinski definition) is 3. The lowest BCUT2D eigenvalue weighted by Crippen LogP contribution is -2.51. The van der Waals surface area contributed by atoms with E-state index in [0.717, 1.165) is 56.5 Å². The third-order valence-corrected chi connectivity index (χ3v) is 5.80. The van der Waals surface area contributed by atoms with E-state index in [1.54, 1.807) is 6.92 Å². The minimum absolute atomic E-state index is 0.131. The molecule has 2 amide bonds. The first kappa shape index (κ1) is 16.4. The number of nitrogens with one attached hydrogen (secondary N) is 1. The Hall–Kier alpha value is -2.04. The molecule has 1 N–H and O–H groups in total. The van der Waals surface area contributed by atoms with Gasteiger partial charge in [-0.3, -0.25) is 9.59 Å². The van der Waals surface area contributed by atoms with E-state index in [4.69, 9.17) is 4.74 Å². The second-order valence-electron chi connectivity index (χ2n) is 7.78. The predicted octanol–water partition coefficient (Wildman–Crippen LogP) is 2.60. The second kappa shape index (κ2) is 6.36. The molecule has 1 aromatic carbocycles. The van der Waals surface area contributed by atoms with Crippen molar-refractivity contribution in [2.45, 2.75) is 63.0 Å². The Bertz CT molecular complexity index is 675. The van der Waals surface area contributed by atoms with Gasteiger partial charge in [-0.2, -0.15) is 0 Å². The number of hydrogen-bond donors (Lipinski definition) is 1. The first-order valence-electron chi connectivity index (χ1n) is 9.37. The molecule has 1 atom stereocenters. The van der Waals surface area contributed by atoms with Crippen molar-refractivity contribution in [3.63, 3.8) is 0 Å². The monoisotopic (exact) mass is 342 g/mol. The van der Waals surface area contributed by atoms with E-state index in [9.17, 15) is 9.59 Å². The summed E-state index contributed by atoms with van der Waals surface area (Å²) in [7, 11) is 0. The quantitative estimate of drug-likeness (QED) is 0.918. The average molecular weight is 342 g/mol. The summed E-state index contributed by atoms with van der Waals surface area (Å²) in [6.45, 7) is 3.09. The van der Waals surface area contributed by atoms with Crippen molar-refractivity contribution in [3.05, 3.63) is 29.8 Å². The molecule has 3 aliphatic rings. The molecule has 1 unspecified atom stereocenters. The normalized spacial score (nSPS) is 24.4. The zero-order valence-corrected chi connectivity index (χ0v) is 14.8. The molecule has 0 bridgehead atoms. The topological polar surface area (TPSA) is 58.6 Å². The molecule has 1 aliphatic carbocycles. The van der Waals surface area contributed by atoms with Gasteiger partial charge in [0.15, 0.2) is 0 Å². The number of benzene rings is 1. The Morgan fingerprint density at radius 1 is 1.24 bits per heavy atom. The third kappa shape index (κ3) is 3.51. The number of para-hydroxylation sites is 1. The first-order chi connectivity index (χ1) is 12.0. The summed E-state index contributed by atoms with van der Waals surface area (Å²) >= 11 is 0. The van der Waals surface area contributed by atoms with E-state index in [2.05, 4.69) is 11.4 Å². The Morgan fingerprint density at radius 2 is 1.96 bits per heavy atom. The van der Waals surface area contributed by atoms with Crippen molar-refractivity contribution in [1.29, 1.82) is 0 Å². The Balaban J connectivity index is 1.52. The maximum absolute atomic E-state index is 12.4. The highest BCUT2D eigenvalue weighted by Gasteiger charge is 2.44. The summed E-state index contributed by atoms with van der Waals surface area (Å²) < 4.78 is 6.42. The van der Waals surface area contributed by atoms with Gasteiger partial charge >= 0.3 is 0 Å². The molecule has 1 aromatic rings. The SMILES string of the molecule is CC(=O)N1CCC2(CC1)CC(CC(=O)NC1CC1)c1ccccc1O2. The number of carbonyl (C=O) groups excluding carboxylic acids is 2. The van der Waals surface area contributed by atoms with Gasteiger partial charge in [-0.15, -0.1) is 0 Å². The van der Waals surface area contributed by atoms with Crippen LogP contribution in [0.3, 0.4) is 0 Å². The summed E-state index contributed by atoms with van der Waals surface area (Å²) in [6, 6.07) is 8.51. The molecule has 1 saturated carbocycles. The van der Waals surface area contributed by atoms with Crippen LogP contribution in [0.1, 0.15) is 56.9 Å². The molecule has 5 nitrogen and oxygen atoms in total. The van der Waals surface area contributed by atoms with Crippen molar-refractivity contribution in [3.8, 4) is 5.75 Å². The molecular formula is C20H26N2O3. The first-order valence-corrected chi connectivity index (χ1v) is 9.37. The van der Waals surface area contributed by atoms with E-state index < -0.39 is 0 Å². The summed E-state index contributed by atoms with van der Waals surface area (Å²) in [4.78, 5) is 25.9. The van der Waals surface area contributed by atoms with Crippen LogP contribution >= 0.6 is 0 Å². The van der Waals surface area contributed by atoms with Crippen molar-refractivity contribution in [2.24, 2.45) is 0 Å². The molecule has 5 heteroatoms. The number of amides is 2. The van der Waals surface area contributed by atoms with Gasteiger partial charge in [0.2, 0.25) is 11.8 Å². The molecule has 1 saturated heterocycles. The number of rotatable bonds is 3. The number of carbonyl (C=O) groups is 2. The second-order valence-corrected chi connectivity index (χ2v) is 7.78. The van der Waals surface area contributed by atoms with Gasteiger partial charge in [0.1, 0.15) is 11.4 Å². The summed E-state index contributed by atoms with van der Waals surface area (Å²) in [6.07, 6.45) is 5.27. The molecule has 2 heterocycles. The van der Waals surface area contributed by atoms with Gasteiger partial charge in [-0.1, -0.05) is 18.2 Å². The minimum atomic E-state index is -0.245. The van der Waals surface area contributed by atoms with Crippen LogP contribution < -0.4 is 10.1 Å². The molecule has 1 spiro atoms. The number of piperidine rings is 1. The maximum atomic E-state index is 12.4. The average Bonchev–Trinajstić information content (AvgIpc) is 3.39. The lowest BCUT2D eigenvalue weighted by Gasteiger charge is -2.46. The highest BCUT2D eigenvalue weighted by Crippen LogP contribution is 2.46. The number of fused-ring (bicyclic) bond motifs is 1. The molecule has 2 aliphatic heterocycles. The zero-order chi connectivity index (χ0) is 17.4. The van der Waals surface area contributed by atoms with Gasteiger partial charge in [0, 0.05) is 51.2 Å². The largest absolute Gasteiger partial charge is 0.487 e. The van der Waals surface area contributed by atoms with E-state index in [0.29, 0.717) is 12.5 Å². The molecule has 134 valence electrons. The summed E-state index contributed by atoms with van der Waals surface area (Å²) in [5.74, 6) is 1.38. The highest BCUT2D eigenvalue weighted by molar-refractivity contribution is 5.78. The highest BCUT2D eigenvalue weighted by atomic mass is 16.5. The Morgan fingerprint density at radius 3 is 2.64 bits per heavy atom. The van der Waals surface area contributed by atoms with Crippen LogP contribution in [0.25, 0.3) is 0 Å². The van der Waals surface area contributed by atoms with E-state index in [-0.39, 0.29) is 23.3 Å². The zero-order valence-electron chi connectivity index (χ0n) is 14.8. The van der Waals surface area contributed by atoms with Crippen molar-refractivity contribution in [1.82, 2.24) is 10.2 Å². The van der Waals surface area contributed by atoms with E-state index >= 15 is 0 Å². The molecule has 2 fully saturated rings. The Labute approximate surface area is 148 Å². The fourth-order valence-electron chi connectivity index (χ4n) is 4.20. The van der Waals surface area contributed by atoms with Gasteiger partial charge in [0.25, 0.3) is 0 Å².